The number of hydrogen-bond donors (Lipinski definition) is 0. The van der Waals surface area contributed by atoms with Crippen LogP contribution in [0.1, 0.15) is 77.1 Å². The zero-order valence-corrected chi connectivity index (χ0v) is 27.7. The Kier molecular flexibility index (Phi) is 11.9. The minimum atomic E-state index is -0.215. The first kappa shape index (κ1) is 34.8. The van der Waals surface area contributed by atoms with Gasteiger partial charge >= 0.3 is 0 Å². The molecule has 2 fully saturated rings. The Morgan fingerprint density at radius 1 is 0.778 bits per heavy atom. The second-order valence-corrected chi connectivity index (χ2v) is 12.1. The number of carbonyl (C=O) groups is 2. The largest absolute Gasteiger partial charge is 0.343 e. The lowest BCUT2D eigenvalue weighted by Gasteiger charge is -2.09. The lowest BCUT2D eigenvalue weighted by Crippen LogP contribution is -2.22. The number of hydrogen-bond acceptors (Lipinski definition) is 6. The van der Waals surface area contributed by atoms with E-state index in [1.165, 1.54) is 17.7 Å². The van der Waals surface area contributed by atoms with Gasteiger partial charge in [-0.25, -0.2) is 0 Å². The van der Waals surface area contributed by atoms with Crippen molar-refractivity contribution in [2.75, 3.05) is 14.1 Å². The van der Waals surface area contributed by atoms with Crippen molar-refractivity contribution in [3.63, 3.8) is 0 Å². The van der Waals surface area contributed by atoms with Gasteiger partial charge in [-0.15, -0.1) is 0 Å². The molecule has 1 amide bonds. The number of aryl methyl sites for hydroxylation is 5. The number of aromatic nitrogens is 4. The predicted molar refractivity (Wildman–Crippen MR) is 178 cm³/mol. The van der Waals surface area contributed by atoms with E-state index >= 15 is 0 Å². The maximum absolute atomic E-state index is 11.4. The number of pyridine rings is 4. The van der Waals surface area contributed by atoms with Gasteiger partial charge in [0.2, 0.25) is 0 Å². The molecule has 0 radical (unpaired) electrons. The summed E-state index contributed by atoms with van der Waals surface area (Å²) < 4.78 is 3.38. The number of nitrogens with zero attached hydrogens (tertiary/aromatic N) is 5. The molecule has 0 N–H and O–H groups in total. The first-order valence-corrected chi connectivity index (χ1v) is 15.1. The molecule has 0 aromatic carbocycles. The van der Waals surface area contributed by atoms with Crippen molar-refractivity contribution in [2.24, 2.45) is 7.05 Å². The molecule has 6 rings (SSSR count). The van der Waals surface area contributed by atoms with Crippen LogP contribution >= 0.6 is 0 Å². The van der Waals surface area contributed by atoms with Gasteiger partial charge < -0.3 is 14.0 Å². The number of amides is 1. The van der Waals surface area contributed by atoms with E-state index < -0.39 is 0 Å². The van der Waals surface area contributed by atoms with Crippen LogP contribution in [0, 0.1) is 27.7 Å². The van der Waals surface area contributed by atoms with Crippen LogP contribution < -0.4 is 11.1 Å². The lowest BCUT2D eigenvalue weighted by molar-refractivity contribution is -0.119. The average molecular weight is 612 g/mol. The summed E-state index contributed by atoms with van der Waals surface area (Å²) in [5.41, 5.74) is 5.69. The minimum absolute atomic E-state index is 0.0509. The van der Waals surface area contributed by atoms with Gasteiger partial charge in [0.25, 0.3) is 17.0 Å². The molecule has 2 saturated carbocycles. The molecule has 2 aliphatic carbocycles. The van der Waals surface area contributed by atoms with Crippen molar-refractivity contribution in [3.8, 4) is 0 Å². The smallest absolute Gasteiger partial charge is 0.271 e. The van der Waals surface area contributed by atoms with Crippen LogP contribution in [-0.2, 0) is 17.3 Å². The van der Waals surface area contributed by atoms with Gasteiger partial charge in [-0.3, -0.25) is 29.1 Å². The molecule has 2 aliphatic rings. The summed E-state index contributed by atoms with van der Waals surface area (Å²) >= 11 is 0. The average Bonchev–Trinajstić information content (AvgIpc) is 3.92. The Morgan fingerprint density at radius 2 is 1.33 bits per heavy atom. The van der Waals surface area contributed by atoms with Gasteiger partial charge in [0.1, 0.15) is 11.5 Å². The molecule has 9 heteroatoms. The summed E-state index contributed by atoms with van der Waals surface area (Å²) in [7, 11) is 5.16. The van der Waals surface area contributed by atoms with E-state index in [-0.39, 0.29) is 28.2 Å². The van der Waals surface area contributed by atoms with Crippen LogP contribution in [-0.4, -0.2) is 49.8 Å². The molecule has 9 nitrogen and oxygen atoms in total. The molecular weight excluding hydrogens is 566 g/mol. The van der Waals surface area contributed by atoms with Crippen LogP contribution in [0.3, 0.4) is 0 Å². The number of rotatable bonds is 4. The molecule has 4 heterocycles. The Labute approximate surface area is 265 Å². The van der Waals surface area contributed by atoms with Crippen molar-refractivity contribution in [1.82, 2.24) is 24.0 Å². The minimum Gasteiger partial charge on any atom is -0.343 e. The molecule has 238 valence electrons. The second kappa shape index (κ2) is 15.4. The fourth-order valence-electron chi connectivity index (χ4n) is 4.38. The van der Waals surface area contributed by atoms with E-state index in [2.05, 4.69) is 9.97 Å². The molecule has 0 aliphatic heterocycles. The van der Waals surface area contributed by atoms with Crippen LogP contribution in [0.25, 0.3) is 0 Å². The Balaban J connectivity index is 0.000000165. The normalized spacial score (nSPS) is 13.9. The van der Waals surface area contributed by atoms with Gasteiger partial charge in [-0.05, 0) is 107 Å². The molecule has 0 spiro atoms. The fraction of sp³-hybridized carbons (Fsp3) is 0.389. The van der Waals surface area contributed by atoms with E-state index in [0.29, 0.717) is 11.7 Å². The van der Waals surface area contributed by atoms with E-state index in [1.807, 2.05) is 75.0 Å². The molecule has 0 bridgehead atoms. The van der Waals surface area contributed by atoms with Crippen LogP contribution in [0.5, 0.6) is 0 Å². The van der Waals surface area contributed by atoms with Crippen LogP contribution in [0.4, 0.5) is 0 Å². The van der Waals surface area contributed by atoms with Gasteiger partial charge in [-0.2, -0.15) is 0 Å². The summed E-state index contributed by atoms with van der Waals surface area (Å²) in [5, 5.41) is 0. The SMILES string of the molecule is CC(=O)C1(c2ccc(C)cn2)CC1.Cc1ccc(C(=O)N(C)C)nc1.Cc1ccn(C)c(=O)c1.Cc1ccn(C2CC2)c(=O)c1. The summed E-state index contributed by atoms with van der Waals surface area (Å²) in [4.78, 5) is 54.6. The highest BCUT2D eigenvalue weighted by Crippen LogP contribution is 2.47. The van der Waals surface area contributed by atoms with Crippen molar-refractivity contribution in [2.45, 2.75) is 71.8 Å². The quantitative estimate of drug-likeness (QED) is 0.311. The third-order valence-corrected chi connectivity index (χ3v) is 7.67. The van der Waals surface area contributed by atoms with Crippen molar-refractivity contribution < 1.29 is 9.59 Å². The van der Waals surface area contributed by atoms with E-state index in [9.17, 15) is 19.2 Å². The third-order valence-electron chi connectivity index (χ3n) is 7.67. The maximum Gasteiger partial charge on any atom is 0.271 e. The Bertz CT molecular complexity index is 1710. The molecule has 4 aromatic heterocycles. The maximum atomic E-state index is 11.4. The summed E-state index contributed by atoms with van der Waals surface area (Å²) in [6.45, 7) is 9.45. The van der Waals surface area contributed by atoms with E-state index in [0.717, 1.165) is 40.8 Å². The van der Waals surface area contributed by atoms with E-state index in [1.54, 1.807) is 63.2 Å². The highest BCUT2D eigenvalue weighted by molar-refractivity contribution is 5.92. The molecule has 4 aromatic rings. The Morgan fingerprint density at radius 3 is 1.73 bits per heavy atom. The number of Topliss-reactive ketones (excluding diaryl/α,β-unsaturated/α-hetero) is 1. The number of ketones is 1. The molecule has 0 saturated heterocycles. The van der Waals surface area contributed by atoms with Gasteiger partial charge in [-0.1, -0.05) is 12.1 Å². The molecule has 0 unspecified atom stereocenters. The van der Waals surface area contributed by atoms with Gasteiger partial charge in [0.05, 0.1) is 11.1 Å². The Hall–Kier alpha value is -4.66. The predicted octanol–water partition coefficient (Wildman–Crippen LogP) is 5.29. The monoisotopic (exact) mass is 611 g/mol. The first-order chi connectivity index (χ1) is 21.2. The lowest BCUT2D eigenvalue weighted by atomic mass is 9.97. The van der Waals surface area contributed by atoms with Crippen LogP contribution in [0.2, 0.25) is 0 Å². The molecule has 45 heavy (non-hydrogen) atoms. The van der Waals surface area contributed by atoms with Gasteiger partial charge in [0.15, 0.2) is 0 Å². The number of carbonyl (C=O) groups excluding carboxylic acids is 2. The first-order valence-electron chi connectivity index (χ1n) is 15.1. The molecule has 0 atom stereocenters. The van der Waals surface area contributed by atoms with E-state index in [4.69, 9.17) is 0 Å². The third kappa shape index (κ3) is 10.2. The summed E-state index contributed by atoms with van der Waals surface area (Å²) in [5.74, 6) is 0.193. The van der Waals surface area contributed by atoms with Gasteiger partial charge in [0, 0.05) is 64.1 Å². The highest BCUT2D eigenvalue weighted by Gasteiger charge is 2.49. The molecular formula is C36H45N5O4. The topological polar surface area (TPSA) is 107 Å². The zero-order chi connectivity index (χ0) is 33.3. The standard InChI is InChI=1S/C11H13NO.C9H12N2O.C9H11NO.C7H9NO/c1-8-3-4-10(12-7-8)11(5-6-11)9(2)13;1-7-4-5-8(10-6-7)9(12)11(2)3;1-7-4-5-10(8-2-3-8)9(11)6-7;1-6-3-4-8(2)7(9)5-6/h3-4,7H,5-6H2,1-2H3;4-6H,1-3H3;4-6,8H,2-3H2,1H3;3-5H,1-2H3. The fourth-order valence-corrected chi connectivity index (χ4v) is 4.38. The van der Waals surface area contributed by atoms with Crippen molar-refractivity contribution >= 4 is 11.7 Å². The van der Waals surface area contributed by atoms with Crippen molar-refractivity contribution in [3.05, 3.63) is 128 Å². The summed E-state index contributed by atoms with van der Waals surface area (Å²) in [6, 6.07) is 15.3. The zero-order valence-electron chi connectivity index (χ0n) is 27.7. The summed E-state index contributed by atoms with van der Waals surface area (Å²) in [6.07, 6.45) is 11.5. The highest BCUT2D eigenvalue weighted by atomic mass is 16.2. The van der Waals surface area contributed by atoms with Crippen molar-refractivity contribution in [1.29, 1.82) is 0 Å². The van der Waals surface area contributed by atoms with Crippen LogP contribution in [0.15, 0.2) is 82.9 Å². The second-order valence-electron chi connectivity index (χ2n) is 12.1.